The molecular formula is C30H62O6S4. The van der Waals surface area contributed by atoms with Gasteiger partial charge in [0, 0.05) is 67.0 Å². The van der Waals surface area contributed by atoms with Gasteiger partial charge >= 0.3 is 0 Å². The molecule has 0 radical (unpaired) electrons. The third-order valence-corrected chi connectivity index (χ3v) is 14.0. The second-order valence-electron chi connectivity index (χ2n) is 10.2. The Morgan fingerprint density at radius 2 is 0.550 bits per heavy atom. The zero-order chi connectivity index (χ0) is 29.6. The highest BCUT2D eigenvalue weighted by molar-refractivity contribution is 9.26. The Kier molecular flexibility index (Phi) is 31.1. The molecule has 0 aliphatic carbocycles. The van der Waals surface area contributed by atoms with Crippen LogP contribution in [0.3, 0.4) is 0 Å². The van der Waals surface area contributed by atoms with Crippen LogP contribution in [0.1, 0.15) is 128 Å². The molecule has 0 bridgehead atoms. The molecule has 0 saturated heterocycles. The quantitative estimate of drug-likeness (QED) is 0.0391. The molecule has 0 atom stereocenters. The van der Waals surface area contributed by atoms with E-state index in [0.717, 1.165) is 25.7 Å². The van der Waals surface area contributed by atoms with E-state index in [1.54, 1.807) is 42.7 Å². The zero-order valence-electron chi connectivity index (χ0n) is 26.6. The van der Waals surface area contributed by atoms with E-state index in [4.69, 9.17) is 28.4 Å². The van der Waals surface area contributed by atoms with Crippen molar-refractivity contribution < 1.29 is 28.4 Å². The number of rotatable bonds is 33. The minimum absolute atomic E-state index is 0.786. The Hall–Kier alpha value is 1.16. The summed E-state index contributed by atoms with van der Waals surface area (Å²) in [6.07, 6.45) is 25.1. The number of hydrogen-bond acceptors (Lipinski definition) is 10. The van der Waals surface area contributed by atoms with Crippen LogP contribution in [0.4, 0.5) is 0 Å². The molecule has 10 heteroatoms. The van der Waals surface area contributed by atoms with Crippen molar-refractivity contribution in [2.45, 2.75) is 140 Å². The van der Waals surface area contributed by atoms with Crippen LogP contribution in [0, 0.1) is 0 Å². The third kappa shape index (κ3) is 22.7. The monoisotopic (exact) mass is 646 g/mol. The van der Waals surface area contributed by atoms with Gasteiger partial charge in [0.05, 0.1) is 0 Å². The summed E-state index contributed by atoms with van der Waals surface area (Å²) in [5.41, 5.74) is 0. The van der Waals surface area contributed by atoms with E-state index in [-0.39, 0.29) is 0 Å². The van der Waals surface area contributed by atoms with Gasteiger partial charge < -0.3 is 28.4 Å². The molecule has 6 nitrogen and oxygen atoms in total. The molecule has 242 valence electrons. The molecule has 0 heterocycles. The van der Waals surface area contributed by atoms with Crippen LogP contribution in [0.15, 0.2) is 0 Å². The van der Waals surface area contributed by atoms with Crippen LogP contribution >= 0.6 is 41.2 Å². The summed E-state index contributed by atoms with van der Waals surface area (Å²) in [6, 6.07) is 0. The first-order valence-corrected chi connectivity index (χ1v) is 20.6. The molecule has 0 aromatic rings. The molecule has 40 heavy (non-hydrogen) atoms. The van der Waals surface area contributed by atoms with Gasteiger partial charge in [-0.25, -0.2) is 0 Å². The summed E-state index contributed by atoms with van der Waals surface area (Å²) in [5.74, 6) is 0.851. The maximum Gasteiger partial charge on any atom is 0.282 e. The van der Waals surface area contributed by atoms with Gasteiger partial charge in [-0.1, -0.05) is 111 Å². The summed E-state index contributed by atoms with van der Waals surface area (Å²) in [5, 5.41) is 0. The Morgan fingerprint density at radius 3 is 0.800 bits per heavy atom. The molecule has 0 spiro atoms. The maximum absolute atomic E-state index is 5.35. The van der Waals surface area contributed by atoms with Gasteiger partial charge in [0.25, 0.3) is 11.9 Å². The Labute approximate surface area is 263 Å². The van der Waals surface area contributed by atoms with Crippen LogP contribution < -0.4 is 0 Å². The minimum Gasteiger partial charge on any atom is -0.331 e. The zero-order valence-corrected chi connectivity index (χ0v) is 29.9. The van der Waals surface area contributed by atoms with E-state index in [1.807, 2.05) is 41.2 Å². The van der Waals surface area contributed by atoms with Gasteiger partial charge in [-0.3, -0.25) is 0 Å². The van der Waals surface area contributed by atoms with Crippen molar-refractivity contribution in [3.8, 4) is 0 Å². The predicted octanol–water partition coefficient (Wildman–Crippen LogP) is 10.7. The number of unbranched alkanes of at least 4 members (excludes halogenated alkanes) is 16. The lowest BCUT2D eigenvalue weighted by Crippen LogP contribution is -2.35. The van der Waals surface area contributed by atoms with Crippen LogP contribution in [-0.2, 0) is 28.4 Å². The highest BCUT2D eigenvalue weighted by Crippen LogP contribution is 2.43. The SMILES string of the molecule is COC(CCCCCCCCCCCSSSSCCCCCCCCCCCC(OC)(OC)OC)(OC)OC. The molecule has 0 aromatic heterocycles. The first-order valence-electron chi connectivity index (χ1n) is 15.5. The van der Waals surface area contributed by atoms with Gasteiger partial charge in [-0.15, -0.1) is 0 Å². The fraction of sp³-hybridized carbons (Fsp3) is 1.00. The van der Waals surface area contributed by atoms with E-state index < -0.39 is 11.9 Å². The topological polar surface area (TPSA) is 55.4 Å². The highest BCUT2D eigenvalue weighted by atomic mass is 33.7. The average molecular weight is 647 g/mol. The summed E-state index contributed by atoms with van der Waals surface area (Å²) < 4.78 is 32.1. The summed E-state index contributed by atoms with van der Waals surface area (Å²) in [4.78, 5) is 0. The minimum atomic E-state index is -0.857. The Balaban J connectivity index is 3.24. The summed E-state index contributed by atoms with van der Waals surface area (Å²) in [7, 11) is 17.8. The second-order valence-corrected chi connectivity index (χ2v) is 16.5. The van der Waals surface area contributed by atoms with Crippen molar-refractivity contribution in [1.29, 1.82) is 0 Å². The molecule has 0 aliphatic rings. The fourth-order valence-corrected chi connectivity index (χ4v) is 11.0. The standard InChI is InChI=1S/C30H62O6S4/c1-31-29(32-2,33-3)25-21-17-13-9-7-11-15-19-23-27-37-39-40-38-28-24-20-16-12-8-10-14-18-22-26-30(34-4,35-5)36-6/h7-28H2,1-6H3. The summed E-state index contributed by atoms with van der Waals surface area (Å²) in [6.45, 7) is 0. The highest BCUT2D eigenvalue weighted by Gasteiger charge is 2.29. The fourth-order valence-electron chi connectivity index (χ4n) is 4.70. The number of methoxy groups -OCH3 is 6. The Morgan fingerprint density at radius 1 is 0.325 bits per heavy atom. The first-order chi connectivity index (χ1) is 19.6. The predicted molar refractivity (Wildman–Crippen MR) is 180 cm³/mol. The maximum atomic E-state index is 5.35. The van der Waals surface area contributed by atoms with Crippen molar-refractivity contribution in [2.24, 2.45) is 0 Å². The van der Waals surface area contributed by atoms with Crippen molar-refractivity contribution in [2.75, 3.05) is 54.2 Å². The second kappa shape index (κ2) is 30.2. The molecule has 0 rings (SSSR count). The van der Waals surface area contributed by atoms with Gasteiger partial charge in [-0.05, 0) is 45.3 Å². The van der Waals surface area contributed by atoms with Crippen molar-refractivity contribution in [3.05, 3.63) is 0 Å². The van der Waals surface area contributed by atoms with Crippen LogP contribution in [-0.4, -0.2) is 66.1 Å². The largest absolute Gasteiger partial charge is 0.331 e. The van der Waals surface area contributed by atoms with E-state index in [1.165, 1.54) is 114 Å². The molecule has 0 aromatic carbocycles. The van der Waals surface area contributed by atoms with Gasteiger partial charge in [0.15, 0.2) is 0 Å². The molecule has 0 fully saturated rings. The van der Waals surface area contributed by atoms with Gasteiger partial charge in [-0.2, -0.15) is 0 Å². The van der Waals surface area contributed by atoms with E-state index in [2.05, 4.69) is 0 Å². The van der Waals surface area contributed by atoms with Crippen molar-refractivity contribution >= 4 is 41.2 Å². The lowest BCUT2D eigenvalue weighted by Gasteiger charge is -2.28. The van der Waals surface area contributed by atoms with Crippen molar-refractivity contribution in [3.63, 3.8) is 0 Å². The molecule has 0 aliphatic heterocycles. The lowest BCUT2D eigenvalue weighted by molar-refractivity contribution is -0.355. The number of hydrogen-bond donors (Lipinski definition) is 0. The van der Waals surface area contributed by atoms with Gasteiger partial charge in [0.1, 0.15) is 0 Å². The Bertz CT molecular complexity index is 450. The molecule has 0 saturated carbocycles. The molecule has 0 N–H and O–H groups in total. The van der Waals surface area contributed by atoms with E-state index in [0.29, 0.717) is 0 Å². The van der Waals surface area contributed by atoms with Crippen LogP contribution in [0.25, 0.3) is 0 Å². The lowest BCUT2D eigenvalue weighted by atomic mass is 10.1. The smallest absolute Gasteiger partial charge is 0.282 e. The van der Waals surface area contributed by atoms with Crippen LogP contribution in [0.5, 0.6) is 0 Å². The first kappa shape index (κ1) is 41.2. The molecule has 0 unspecified atom stereocenters. The van der Waals surface area contributed by atoms with Gasteiger partial charge in [0.2, 0.25) is 0 Å². The number of ether oxygens (including phenoxy) is 6. The van der Waals surface area contributed by atoms with E-state index in [9.17, 15) is 0 Å². The molecular weight excluding hydrogens is 585 g/mol. The molecule has 0 amide bonds. The van der Waals surface area contributed by atoms with E-state index >= 15 is 0 Å². The summed E-state index contributed by atoms with van der Waals surface area (Å²) >= 11 is 0. The normalized spacial score (nSPS) is 12.4. The van der Waals surface area contributed by atoms with Crippen LogP contribution in [0.2, 0.25) is 0 Å². The average Bonchev–Trinajstić information content (AvgIpc) is 2.99. The third-order valence-electron chi connectivity index (χ3n) is 7.41. The van der Waals surface area contributed by atoms with Crippen molar-refractivity contribution in [1.82, 2.24) is 0 Å².